The maximum absolute atomic E-state index is 14.0. The Labute approximate surface area is 239 Å². The van der Waals surface area contributed by atoms with Crippen molar-refractivity contribution in [3.8, 4) is 17.2 Å². The summed E-state index contributed by atoms with van der Waals surface area (Å²) >= 11 is 1.09. The smallest absolute Gasteiger partial charge is 0.301 e. The van der Waals surface area contributed by atoms with Crippen molar-refractivity contribution in [1.29, 1.82) is 0 Å². The molecule has 0 saturated carbocycles. The molecule has 2 atom stereocenters. The summed E-state index contributed by atoms with van der Waals surface area (Å²) in [5.41, 5.74) is 2.22. The minimum absolute atomic E-state index is 0.00214. The van der Waals surface area contributed by atoms with E-state index in [0.29, 0.717) is 52.5 Å². The van der Waals surface area contributed by atoms with Crippen LogP contribution in [0.5, 0.6) is 17.2 Å². The van der Waals surface area contributed by atoms with Crippen LogP contribution in [0.3, 0.4) is 0 Å². The number of hydrogen-bond acceptors (Lipinski definition) is 8. The standard InChI is InChI=1S/C31H27FN2O6S/c1-4-38-23-11-6-17(14-24(23)39-5-2)27-26(28(35)18-7-10-22-19(13-18)12-16(3)40-22)29(36)30(37)34(27)31-33-21-9-8-20(32)15-25(21)41-31/h6-11,13-16,27,35H,4-5,12H2,1-3H3/t16-,27-/m0/s1. The molecule has 0 bridgehead atoms. The van der Waals surface area contributed by atoms with Gasteiger partial charge in [0.1, 0.15) is 23.4 Å². The van der Waals surface area contributed by atoms with Crippen molar-refractivity contribution in [2.45, 2.75) is 39.3 Å². The summed E-state index contributed by atoms with van der Waals surface area (Å²) in [6, 6.07) is 13.5. The number of nitrogens with zero attached hydrogens (tertiary/aromatic N) is 2. The molecule has 10 heteroatoms. The highest BCUT2D eigenvalue weighted by atomic mass is 32.1. The second kappa shape index (κ2) is 10.5. The lowest BCUT2D eigenvalue weighted by atomic mass is 9.94. The zero-order valence-electron chi connectivity index (χ0n) is 22.6. The monoisotopic (exact) mass is 574 g/mol. The second-order valence-electron chi connectivity index (χ2n) is 9.80. The topological polar surface area (TPSA) is 98.2 Å². The SMILES string of the molecule is CCOc1ccc([C@H]2C(=C(O)c3ccc4c(c3)C[C@H](C)O4)C(=O)C(=O)N2c2nc3ccc(F)cc3s2)cc1OCC. The van der Waals surface area contributed by atoms with Gasteiger partial charge in [-0.3, -0.25) is 14.5 Å². The fraction of sp³-hybridized carbons (Fsp3) is 0.258. The normalized spacial score (nSPS) is 19.5. The predicted molar refractivity (Wildman–Crippen MR) is 153 cm³/mol. The number of thiazole rings is 1. The average Bonchev–Trinajstić information content (AvgIpc) is 3.61. The summed E-state index contributed by atoms with van der Waals surface area (Å²) < 4.78 is 31.8. The Bertz CT molecular complexity index is 1730. The second-order valence-corrected chi connectivity index (χ2v) is 10.8. The third kappa shape index (κ3) is 4.67. The number of aliphatic hydroxyl groups is 1. The fourth-order valence-electron chi connectivity index (χ4n) is 5.30. The van der Waals surface area contributed by atoms with Crippen molar-refractivity contribution >= 4 is 44.1 Å². The first-order valence-electron chi connectivity index (χ1n) is 13.4. The molecule has 1 N–H and O–H groups in total. The van der Waals surface area contributed by atoms with E-state index in [9.17, 15) is 19.1 Å². The van der Waals surface area contributed by atoms with Gasteiger partial charge in [-0.05, 0) is 80.4 Å². The number of anilines is 1. The maximum Gasteiger partial charge on any atom is 0.301 e. The van der Waals surface area contributed by atoms with Crippen LogP contribution in [-0.2, 0) is 16.0 Å². The minimum Gasteiger partial charge on any atom is -0.507 e. The number of carbonyl (C=O) groups is 2. The molecule has 0 aliphatic carbocycles. The van der Waals surface area contributed by atoms with Crippen molar-refractivity contribution in [2.75, 3.05) is 18.1 Å². The van der Waals surface area contributed by atoms with E-state index in [1.165, 1.54) is 23.1 Å². The lowest BCUT2D eigenvalue weighted by Gasteiger charge is -2.24. The van der Waals surface area contributed by atoms with Gasteiger partial charge >= 0.3 is 5.91 Å². The number of aliphatic hydroxyl groups excluding tert-OH is 1. The summed E-state index contributed by atoms with van der Waals surface area (Å²) in [5.74, 6) is -0.770. The molecule has 0 spiro atoms. The summed E-state index contributed by atoms with van der Waals surface area (Å²) in [6.45, 7) is 6.43. The number of ketones is 1. The first-order valence-corrected chi connectivity index (χ1v) is 14.2. The van der Waals surface area contributed by atoms with Crippen LogP contribution >= 0.6 is 11.3 Å². The lowest BCUT2D eigenvalue weighted by molar-refractivity contribution is -0.132. The van der Waals surface area contributed by atoms with Crippen LogP contribution in [0, 0.1) is 5.82 Å². The molecule has 1 aromatic heterocycles. The zero-order valence-corrected chi connectivity index (χ0v) is 23.5. The van der Waals surface area contributed by atoms with Gasteiger partial charge < -0.3 is 19.3 Å². The summed E-state index contributed by atoms with van der Waals surface area (Å²) in [6.07, 6.45) is 0.658. The highest BCUT2D eigenvalue weighted by molar-refractivity contribution is 7.22. The van der Waals surface area contributed by atoms with Gasteiger partial charge in [-0.1, -0.05) is 17.4 Å². The number of fused-ring (bicyclic) bond motifs is 2. The van der Waals surface area contributed by atoms with Gasteiger partial charge in [-0.15, -0.1) is 0 Å². The summed E-state index contributed by atoms with van der Waals surface area (Å²) in [5, 5.41) is 11.8. The molecule has 210 valence electrons. The van der Waals surface area contributed by atoms with Crippen LogP contribution in [0.1, 0.15) is 43.5 Å². The Morgan fingerprint density at radius 1 is 1.07 bits per heavy atom. The first-order chi connectivity index (χ1) is 19.8. The Morgan fingerprint density at radius 3 is 2.63 bits per heavy atom. The minimum atomic E-state index is -1.03. The van der Waals surface area contributed by atoms with E-state index in [2.05, 4.69) is 4.98 Å². The van der Waals surface area contributed by atoms with Gasteiger partial charge in [0, 0.05) is 12.0 Å². The molecule has 8 nitrogen and oxygen atoms in total. The molecule has 4 aromatic rings. The molecule has 2 aliphatic rings. The Hall–Kier alpha value is -4.44. The highest BCUT2D eigenvalue weighted by Gasteiger charge is 2.48. The van der Waals surface area contributed by atoms with Gasteiger partial charge in [-0.25, -0.2) is 9.37 Å². The van der Waals surface area contributed by atoms with E-state index >= 15 is 0 Å². The van der Waals surface area contributed by atoms with Crippen molar-refractivity contribution in [3.63, 3.8) is 0 Å². The Balaban J connectivity index is 1.55. The molecule has 1 amide bonds. The molecule has 6 rings (SSSR count). The molecule has 3 heterocycles. The molecule has 1 saturated heterocycles. The predicted octanol–water partition coefficient (Wildman–Crippen LogP) is 6.18. The van der Waals surface area contributed by atoms with Gasteiger partial charge in [0.25, 0.3) is 5.78 Å². The fourth-order valence-corrected chi connectivity index (χ4v) is 6.31. The number of aromatic nitrogens is 1. The third-order valence-electron chi connectivity index (χ3n) is 7.04. The number of hydrogen-bond donors (Lipinski definition) is 1. The zero-order chi connectivity index (χ0) is 28.8. The van der Waals surface area contributed by atoms with Crippen molar-refractivity contribution in [2.24, 2.45) is 0 Å². The summed E-state index contributed by atoms with van der Waals surface area (Å²) in [7, 11) is 0. The molecule has 1 fully saturated rings. The van der Waals surface area contributed by atoms with E-state index in [4.69, 9.17) is 14.2 Å². The van der Waals surface area contributed by atoms with Crippen LogP contribution in [-0.4, -0.2) is 41.1 Å². The van der Waals surface area contributed by atoms with E-state index in [1.807, 2.05) is 20.8 Å². The average molecular weight is 575 g/mol. The Kier molecular flexibility index (Phi) is 6.86. The molecule has 2 aliphatic heterocycles. The number of amides is 1. The first kappa shape index (κ1) is 26.8. The molecule has 0 unspecified atom stereocenters. The van der Waals surface area contributed by atoms with Crippen molar-refractivity contribution < 1.29 is 33.3 Å². The lowest BCUT2D eigenvalue weighted by Crippen LogP contribution is -2.29. The Morgan fingerprint density at radius 2 is 1.85 bits per heavy atom. The van der Waals surface area contributed by atoms with Crippen molar-refractivity contribution in [1.82, 2.24) is 4.98 Å². The quantitative estimate of drug-likeness (QED) is 0.160. The van der Waals surface area contributed by atoms with E-state index in [0.717, 1.165) is 22.6 Å². The highest BCUT2D eigenvalue weighted by Crippen LogP contribution is 2.46. The molecule has 0 radical (unpaired) electrons. The number of rotatable bonds is 7. The van der Waals surface area contributed by atoms with E-state index in [-0.39, 0.29) is 22.6 Å². The summed E-state index contributed by atoms with van der Waals surface area (Å²) in [4.78, 5) is 33.1. The number of ether oxygens (including phenoxy) is 3. The van der Waals surface area contributed by atoms with Crippen molar-refractivity contribution in [3.05, 3.63) is 82.7 Å². The van der Waals surface area contributed by atoms with Crippen LogP contribution in [0.4, 0.5) is 9.52 Å². The number of halogens is 1. The van der Waals surface area contributed by atoms with Gasteiger partial charge in [0.05, 0.1) is 35.0 Å². The van der Waals surface area contributed by atoms with E-state index in [1.54, 1.807) is 36.4 Å². The molecule has 3 aromatic carbocycles. The van der Waals surface area contributed by atoms with Gasteiger partial charge in [0.15, 0.2) is 16.6 Å². The molecule has 41 heavy (non-hydrogen) atoms. The number of benzene rings is 3. The maximum atomic E-state index is 14.0. The van der Waals surface area contributed by atoms with E-state index < -0.39 is 23.5 Å². The molecular weight excluding hydrogens is 547 g/mol. The molecular formula is C31H27FN2O6S. The largest absolute Gasteiger partial charge is 0.507 e. The number of carbonyl (C=O) groups excluding carboxylic acids is 2. The van der Waals surface area contributed by atoms with Crippen LogP contribution in [0.15, 0.2) is 60.2 Å². The van der Waals surface area contributed by atoms with Crippen LogP contribution in [0.25, 0.3) is 16.0 Å². The van der Waals surface area contributed by atoms with Gasteiger partial charge in [0.2, 0.25) is 0 Å². The van der Waals surface area contributed by atoms with Crippen LogP contribution in [0.2, 0.25) is 0 Å². The number of Topliss-reactive ketones (excluding diaryl/α,β-unsaturated/α-hetero) is 1. The third-order valence-corrected chi connectivity index (χ3v) is 8.06. The van der Waals surface area contributed by atoms with Gasteiger partial charge in [-0.2, -0.15) is 0 Å². The van der Waals surface area contributed by atoms with Crippen LogP contribution < -0.4 is 19.1 Å².